The molecule has 1 heterocycles. The summed E-state index contributed by atoms with van der Waals surface area (Å²) in [4.78, 5) is 6.75. The van der Waals surface area contributed by atoms with Crippen molar-refractivity contribution in [1.82, 2.24) is 25.0 Å². The Labute approximate surface area is 201 Å². The fourth-order valence-electron chi connectivity index (χ4n) is 2.53. The van der Waals surface area contributed by atoms with Gasteiger partial charge in [-0.15, -0.1) is 34.2 Å². The highest BCUT2D eigenvalue weighted by molar-refractivity contribution is 14.0. The van der Waals surface area contributed by atoms with Crippen molar-refractivity contribution < 1.29 is 9.47 Å². The Balaban J connectivity index is 0.00000450. The number of nitrogens with zero attached hydrogens (tertiary/aromatic N) is 5. The summed E-state index contributed by atoms with van der Waals surface area (Å²) in [5.41, 5.74) is 0. The van der Waals surface area contributed by atoms with Gasteiger partial charge in [0.05, 0.1) is 6.54 Å². The van der Waals surface area contributed by atoms with Crippen LogP contribution in [0.2, 0.25) is 5.02 Å². The summed E-state index contributed by atoms with van der Waals surface area (Å²) >= 11 is 6.00. The largest absolute Gasteiger partial charge is 0.492 e. The lowest BCUT2D eigenvalue weighted by Crippen LogP contribution is -2.41. The van der Waals surface area contributed by atoms with E-state index in [9.17, 15) is 0 Å². The van der Waals surface area contributed by atoms with Crippen LogP contribution in [-0.2, 0) is 18.3 Å². The molecule has 0 unspecified atom stereocenters. The normalized spacial score (nSPS) is 11.2. The standard InChI is InChI=1S/C20H31ClN6O2.HI/c1-5-28-12-7-10-22-20(23-15-19-25-24-16(2)27(19)4)26(3)11-13-29-18-9-6-8-17(21)14-18;/h6,8-9,14H,5,7,10-13,15H2,1-4H3,(H,22,23);1H. The van der Waals surface area contributed by atoms with Gasteiger partial charge < -0.3 is 24.3 Å². The molecule has 2 rings (SSSR count). The van der Waals surface area contributed by atoms with Gasteiger partial charge in [0, 0.05) is 38.9 Å². The Hall–Kier alpha value is -1.59. The number of nitrogens with one attached hydrogen (secondary N) is 1. The molecule has 168 valence electrons. The van der Waals surface area contributed by atoms with E-state index in [1.807, 2.05) is 55.6 Å². The van der Waals surface area contributed by atoms with Crippen LogP contribution >= 0.6 is 35.6 Å². The van der Waals surface area contributed by atoms with Gasteiger partial charge in [-0.3, -0.25) is 0 Å². The third-order valence-corrected chi connectivity index (χ3v) is 4.59. The molecular formula is C20H32ClIN6O2. The smallest absolute Gasteiger partial charge is 0.194 e. The highest BCUT2D eigenvalue weighted by Crippen LogP contribution is 2.16. The number of likely N-dealkylation sites (N-methyl/N-ethyl adjacent to an activating group) is 1. The molecule has 0 bridgehead atoms. The van der Waals surface area contributed by atoms with Crippen molar-refractivity contribution in [2.24, 2.45) is 12.0 Å². The average Bonchev–Trinajstić information content (AvgIpc) is 3.02. The number of ether oxygens (including phenoxy) is 2. The summed E-state index contributed by atoms with van der Waals surface area (Å²) in [7, 11) is 3.93. The highest BCUT2D eigenvalue weighted by atomic mass is 127. The van der Waals surface area contributed by atoms with E-state index < -0.39 is 0 Å². The Morgan fingerprint density at radius 1 is 1.30 bits per heavy atom. The first-order valence-electron chi connectivity index (χ1n) is 9.81. The van der Waals surface area contributed by atoms with Gasteiger partial charge in [0.15, 0.2) is 11.8 Å². The number of aliphatic imine (C=N–C) groups is 1. The first-order chi connectivity index (χ1) is 14.0. The predicted octanol–water partition coefficient (Wildman–Crippen LogP) is 3.28. The Morgan fingerprint density at radius 3 is 2.77 bits per heavy atom. The topological polar surface area (TPSA) is 76.8 Å². The summed E-state index contributed by atoms with van der Waals surface area (Å²) < 4.78 is 13.1. The third-order valence-electron chi connectivity index (χ3n) is 4.36. The van der Waals surface area contributed by atoms with Crippen LogP contribution in [0, 0.1) is 6.92 Å². The summed E-state index contributed by atoms with van der Waals surface area (Å²) in [6.07, 6.45) is 0.906. The molecule has 0 saturated carbocycles. The monoisotopic (exact) mass is 550 g/mol. The van der Waals surface area contributed by atoms with Crippen molar-refractivity contribution in [2.75, 3.05) is 40.0 Å². The van der Waals surface area contributed by atoms with Gasteiger partial charge in [0.1, 0.15) is 24.7 Å². The second-order valence-electron chi connectivity index (χ2n) is 6.57. The van der Waals surface area contributed by atoms with E-state index >= 15 is 0 Å². The maximum absolute atomic E-state index is 6.00. The third kappa shape index (κ3) is 9.05. The number of guanidine groups is 1. The zero-order chi connectivity index (χ0) is 21.1. The highest BCUT2D eigenvalue weighted by Gasteiger charge is 2.09. The molecule has 0 radical (unpaired) electrons. The van der Waals surface area contributed by atoms with E-state index in [1.165, 1.54) is 0 Å². The Kier molecular flexibility index (Phi) is 12.7. The maximum atomic E-state index is 6.00. The van der Waals surface area contributed by atoms with Gasteiger partial charge in [-0.25, -0.2) is 4.99 Å². The minimum atomic E-state index is 0. The van der Waals surface area contributed by atoms with Crippen LogP contribution in [0.15, 0.2) is 29.3 Å². The number of hydrogen-bond donors (Lipinski definition) is 1. The zero-order valence-corrected chi connectivity index (χ0v) is 21.2. The summed E-state index contributed by atoms with van der Waals surface area (Å²) in [5.74, 6) is 3.23. The van der Waals surface area contributed by atoms with Gasteiger partial charge in [-0.1, -0.05) is 17.7 Å². The molecule has 0 spiro atoms. The van der Waals surface area contributed by atoms with Gasteiger partial charge >= 0.3 is 0 Å². The van der Waals surface area contributed by atoms with Crippen LogP contribution in [-0.4, -0.2) is 65.6 Å². The van der Waals surface area contributed by atoms with Gasteiger partial charge in [0.2, 0.25) is 0 Å². The Bertz CT molecular complexity index is 786. The van der Waals surface area contributed by atoms with E-state index in [-0.39, 0.29) is 24.0 Å². The molecule has 30 heavy (non-hydrogen) atoms. The van der Waals surface area contributed by atoms with Crippen molar-refractivity contribution in [3.8, 4) is 5.75 Å². The average molecular weight is 551 g/mol. The lowest BCUT2D eigenvalue weighted by atomic mass is 10.3. The first kappa shape index (κ1) is 26.4. The second kappa shape index (κ2) is 14.4. The molecule has 0 aliphatic heterocycles. The fourth-order valence-corrected chi connectivity index (χ4v) is 2.71. The molecule has 0 atom stereocenters. The number of rotatable bonds is 11. The van der Waals surface area contributed by atoms with E-state index in [0.717, 1.165) is 49.5 Å². The van der Waals surface area contributed by atoms with E-state index in [1.54, 1.807) is 6.07 Å². The summed E-state index contributed by atoms with van der Waals surface area (Å²) in [5, 5.41) is 12.3. The summed E-state index contributed by atoms with van der Waals surface area (Å²) in [6, 6.07) is 7.39. The maximum Gasteiger partial charge on any atom is 0.194 e. The Morgan fingerprint density at radius 2 is 2.10 bits per heavy atom. The number of aromatic nitrogens is 3. The number of hydrogen-bond acceptors (Lipinski definition) is 5. The lowest BCUT2D eigenvalue weighted by Gasteiger charge is -2.22. The molecule has 2 aromatic rings. The molecule has 0 saturated heterocycles. The zero-order valence-electron chi connectivity index (χ0n) is 18.1. The van der Waals surface area contributed by atoms with E-state index in [4.69, 9.17) is 26.1 Å². The van der Waals surface area contributed by atoms with E-state index in [0.29, 0.717) is 24.7 Å². The molecule has 0 amide bonds. The SMILES string of the molecule is CCOCCCNC(=NCc1nnc(C)n1C)N(C)CCOc1cccc(Cl)c1.I. The molecule has 8 nitrogen and oxygen atoms in total. The van der Waals surface area contributed by atoms with E-state index in [2.05, 4.69) is 15.5 Å². The molecule has 10 heteroatoms. The molecule has 0 aliphatic carbocycles. The van der Waals surface area contributed by atoms with Gasteiger partial charge in [-0.2, -0.15) is 0 Å². The molecule has 0 aliphatic rings. The lowest BCUT2D eigenvalue weighted by molar-refractivity contribution is 0.145. The van der Waals surface area contributed by atoms with Gasteiger partial charge in [-0.05, 0) is 38.5 Å². The molecule has 0 fully saturated rings. The summed E-state index contributed by atoms with van der Waals surface area (Å²) in [6.45, 7) is 7.78. The van der Waals surface area contributed by atoms with Crippen molar-refractivity contribution in [1.29, 1.82) is 0 Å². The van der Waals surface area contributed by atoms with Crippen LogP contribution in [0.5, 0.6) is 5.75 Å². The number of halogens is 2. The molecule has 1 aromatic heterocycles. The van der Waals surface area contributed by atoms with Crippen molar-refractivity contribution >= 4 is 41.5 Å². The van der Waals surface area contributed by atoms with Crippen LogP contribution in [0.3, 0.4) is 0 Å². The van der Waals surface area contributed by atoms with Crippen molar-refractivity contribution in [3.63, 3.8) is 0 Å². The number of benzene rings is 1. The first-order valence-corrected chi connectivity index (χ1v) is 10.2. The van der Waals surface area contributed by atoms with Crippen molar-refractivity contribution in [2.45, 2.75) is 26.8 Å². The molecular weight excluding hydrogens is 519 g/mol. The van der Waals surface area contributed by atoms with Crippen LogP contribution < -0.4 is 10.1 Å². The van der Waals surface area contributed by atoms with Crippen LogP contribution in [0.4, 0.5) is 0 Å². The predicted molar refractivity (Wildman–Crippen MR) is 131 cm³/mol. The van der Waals surface area contributed by atoms with Crippen molar-refractivity contribution in [3.05, 3.63) is 40.9 Å². The van der Waals surface area contributed by atoms with Crippen LogP contribution in [0.25, 0.3) is 0 Å². The minimum Gasteiger partial charge on any atom is -0.492 e. The number of aryl methyl sites for hydroxylation is 1. The van der Waals surface area contributed by atoms with Gasteiger partial charge in [0.25, 0.3) is 0 Å². The molecule has 1 aromatic carbocycles. The minimum absolute atomic E-state index is 0. The quantitative estimate of drug-likeness (QED) is 0.200. The second-order valence-corrected chi connectivity index (χ2v) is 7.00. The van der Waals surface area contributed by atoms with Crippen LogP contribution in [0.1, 0.15) is 25.0 Å². The fraction of sp³-hybridized carbons (Fsp3) is 0.550. The molecule has 1 N–H and O–H groups in total.